The number of fused-ring (bicyclic) bond motifs is 4. The number of piperidine rings is 3. The number of aromatic nitrogens is 1. The van der Waals surface area contributed by atoms with Crippen molar-refractivity contribution < 1.29 is 18.7 Å². The zero-order valence-corrected chi connectivity index (χ0v) is 17.2. The number of amides is 2. The van der Waals surface area contributed by atoms with E-state index in [0.717, 1.165) is 25.8 Å². The van der Waals surface area contributed by atoms with Gasteiger partial charge in [0.25, 0.3) is 0 Å². The Morgan fingerprint density at radius 1 is 1.23 bits per heavy atom. The van der Waals surface area contributed by atoms with Gasteiger partial charge in [-0.1, -0.05) is 0 Å². The number of halogens is 1. The Morgan fingerprint density at radius 2 is 2.03 bits per heavy atom. The van der Waals surface area contributed by atoms with Crippen LogP contribution < -0.4 is 0 Å². The van der Waals surface area contributed by atoms with Crippen molar-refractivity contribution in [2.24, 2.45) is 11.8 Å². The number of likely N-dealkylation sites (tertiary alicyclic amines) is 1. The van der Waals surface area contributed by atoms with Crippen LogP contribution in [0.4, 0.5) is 4.39 Å². The fraction of sp³-hybridized carbons (Fsp3) is 0.682. The Balaban J connectivity index is 1.41. The van der Waals surface area contributed by atoms with Crippen LogP contribution in [0.15, 0.2) is 18.3 Å². The minimum Gasteiger partial charge on any atom is -0.378 e. The van der Waals surface area contributed by atoms with Crippen LogP contribution >= 0.6 is 0 Å². The molecular formula is C22H29FN4O3. The Morgan fingerprint density at radius 3 is 2.83 bits per heavy atom. The third-order valence-corrected chi connectivity index (χ3v) is 7.20. The standard InChI is InChI=1S/C22H29FN4O3/c23-17-3-2-6-24-18(17)14-25-12-15-11-16(13-25)21(22(29)26-7-9-30-10-8-26)27-19(15)4-1-5-20(27)28/h2-3,6,15-16,19,21H,1,4-5,7-14H2/t15-,16+,19-,21+/m0/s1. The van der Waals surface area contributed by atoms with Gasteiger partial charge in [-0.2, -0.15) is 0 Å². The topological polar surface area (TPSA) is 66.0 Å². The van der Waals surface area contributed by atoms with E-state index < -0.39 is 6.04 Å². The van der Waals surface area contributed by atoms with Crippen LogP contribution in [0, 0.1) is 17.7 Å². The van der Waals surface area contributed by atoms with E-state index in [1.54, 1.807) is 12.3 Å². The lowest BCUT2D eigenvalue weighted by Gasteiger charge is -2.56. The highest BCUT2D eigenvalue weighted by Crippen LogP contribution is 2.42. The molecule has 0 saturated carbocycles. The summed E-state index contributed by atoms with van der Waals surface area (Å²) in [6.45, 7) is 4.21. The first kappa shape index (κ1) is 19.9. The predicted molar refractivity (Wildman–Crippen MR) is 107 cm³/mol. The fourth-order valence-electron chi connectivity index (χ4n) is 5.92. The van der Waals surface area contributed by atoms with E-state index in [9.17, 15) is 14.0 Å². The van der Waals surface area contributed by atoms with Gasteiger partial charge in [-0.3, -0.25) is 19.5 Å². The van der Waals surface area contributed by atoms with Crippen molar-refractivity contribution >= 4 is 11.8 Å². The second-order valence-corrected chi connectivity index (χ2v) is 9.02. The minimum atomic E-state index is -0.409. The molecule has 4 atom stereocenters. The summed E-state index contributed by atoms with van der Waals surface area (Å²) in [5.41, 5.74) is 0.449. The molecule has 162 valence electrons. The highest BCUT2D eigenvalue weighted by molar-refractivity contribution is 5.89. The number of rotatable bonds is 3. The average molecular weight is 416 g/mol. The van der Waals surface area contributed by atoms with Crippen molar-refractivity contribution in [3.63, 3.8) is 0 Å². The molecule has 0 N–H and O–H groups in total. The van der Waals surface area contributed by atoms with Crippen LogP contribution in [0.3, 0.4) is 0 Å². The molecule has 7 nitrogen and oxygen atoms in total. The summed E-state index contributed by atoms with van der Waals surface area (Å²) in [7, 11) is 0. The van der Waals surface area contributed by atoms with Crippen LogP contribution in [0.5, 0.6) is 0 Å². The second kappa shape index (κ2) is 8.23. The summed E-state index contributed by atoms with van der Waals surface area (Å²) >= 11 is 0. The molecule has 5 rings (SSSR count). The molecule has 0 radical (unpaired) electrons. The number of nitrogens with zero attached hydrogens (tertiary/aromatic N) is 4. The molecule has 0 aliphatic carbocycles. The lowest BCUT2D eigenvalue weighted by atomic mass is 9.71. The number of pyridine rings is 1. The number of hydrogen-bond donors (Lipinski definition) is 0. The van der Waals surface area contributed by atoms with E-state index in [0.29, 0.717) is 57.4 Å². The van der Waals surface area contributed by atoms with Crippen molar-refractivity contribution in [3.8, 4) is 0 Å². The number of morpholine rings is 1. The number of ether oxygens (including phenoxy) is 1. The Hall–Kier alpha value is -2.06. The lowest BCUT2D eigenvalue weighted by Crippen LogP contribution is -2.68. The predicted octanol–water partition coefficient (Wildman–Crippen LogP) is 1.28. The maximum atomic E-state index is 14.2. The quantitative estimate of drug-likeness (QED) is 0.743. The summed E-state index contributed by atoms with van der Waals surface area (Å²) in [6, 6.07) is 2.74. The molecule has 1 aromatic heterocycles. The minimum absolute atomic E-state index is 0.0628. The van der Waals surface area contributed by atoms with Gasteiger partial charge in [0.2, 0.25) is 11.8 Å². The molecule has 8 heteroatoms. The van der Waals surface area contributed by atoms with Crippen LogP contribution in [-0.2, 0) is 20.9 Å². The largest absolute Gasteiger partial charge is 0.378 e. The molecule has 2 amide bonds. The van der Waals surface area contributed by atoms with Gasteiger partial charge in [0.05, 0.1) is 18.9 Å². The number of hydrogen-bond acceptors (Lipinski definition) is 5. The van der Waals surface area contributed by atoms with E-state index in [2.05, 4.69) is 9.88 Å². The molecule has 30 heavy (non-hydrogen) atoms. The Bertz CT molecular complexity index is 815. The van der Waals surface area contributed by atoms with Gasteiger partial charge in [-0.15, -0.1) is 0 Å². The van der Waals surface area contributed by atoms with Gasteiger partial charge in [-0.05, 0) is 37.3 Å². The molecule has 5 heterocycles. The van der Waals surface area contributed by atoms with Crippen molar-refractivity contribution in [1.82, 2.24) is 19.7 Å². The molecule has 1 aromatic rings. The van der Waals surface area contributed by atoms with Gasteiger partial charge in [0.1, 0.15) is 11.9 Å². The van der Waals surface area contributed by atoms with Crippen LogP contribution in [0.25, 0.3) is 0 Å². The molecular weight excluding hydrogens is 387 g/mol. The molecule has 0 unspecified atom stereocenters. The van der Waals surface area contributed by atoms with Gasteiger partial charge in [0.15, 0.2) is 0 Å². The van der Waals surface area contributed by atoms with E-state index in [1.807, 2.05) is 9.80 Å². The van der Waals surface area contributed by atoms with Gasteiger partial charge >= 0.3 is 0 Å². The zero-order chi connectivity index (χ0) is 20.7. The first-order valence-electron chi connectivity index (χ1n) is 11.1. The van der Waals surface area contributed by atoms with E-state index in [1.165, 1.54) is 6.07 Å². The zero-order valence-electron chi connectivity index (χ0n) is 17.2. The second-order valence-electron chi connectivity index (χ2n) is 9.02. The first-order chi connectivity index (χ1) is 14.6. The summed E-state index contributed by atoms with van der Waals surface area (Å²) in [4.78, 5) is 36.8. The maximum Gasteiger partial charge on any atom is 0.245 e. The third kappa shape index (κ3) is 3.60. The normalized spacial score (nSPS) is 32.1. The molecule has 4 fully saturated rings. The smallest absolute Gasteiger partial charge is 0.245 e. The van der Waals surface area contributed by atoms with E-state index >= 15 is 0 Å². The number of carbonyl (C=O) groups excluding carboxylic acids is 2. The average Bonchev–Trinajstić information content (AvgIpc) is 2.76. The SMILES string of the molecule is O=C([C@H]1[C@@H]2C[C@@H](CN(Cc3ncccc3F)C2)[C@@H]2CCCC(=O)N21)N1CCOCC1. The van der Waals surface area contributed by atoms with Gasteiger partial charge < -0.3 is 14.5 Å². The summed E-state index contributed by atoms with van der Waals surface area (Å²) in [5.74, 6) is 0.297. The molecule has 4 aliphatic rings. The molecule has 4 aliphatic heterocycles. The van der Waals surface area contributed by atoms with Crippen LogP contribution in [-0.4, -0.2) is 83.0 Å². The molecule has 0 spiro atoms. The van der Waals surface area contributed by atoms with E-state index in [-0.39, 0.29) is 29.6 Å². The van der Waals surface area contributed by atoms with Gasteiger partial charge in [-0.25, -0.2) is 4.39 Å². The summed E-state index contributed by atoms with van der Waals surface area (Å²) in [6.07, 6.45) is 4.94. The third-order valence-electron chi connectivity index (χ3n) is 7.20. The van der Waals surface area contributed by atoms with Crippen molar-refractivity contribution in [1.29, 1.82) is 0 Å². The molecule has 4 saturated heterocycles. The number of carbonyl (C=O) groups is 2. The summed E-state index contributed by atoms with van der Waals surface area (Å²) < 4.78 is 19.6. The molecule has 0 aromatic carbocycles. The van der Waals surface area contributed by atoms with Crippen LogP contribution in [0.2, 0.25) is 0 Å². The maximum absolute atomic E-state index is 14.2. The molecule has 2 bridgehead atoms. The van der Waals surface area contributed by atoms with Crippen molar-refractivity contribution in [2.75, 3.05) is 39.4 Å². The monoisotopic (exact) mass is 416 g/mol. The van der Waals surface area contributed by atoms with Gasteiger partial charge in [0, 0.05) is 57.3 Å². The van der Waals surface area contributed by atoms with Crippen LogP contribution in [0.1, 0.15) is 31.4 Å². The lowest BCUT2D eigenvalue weighted by molar-refractivity contribution is -0.167. The highest BCUT2D eigenvalue weighted by atomic mass is 19.1. The Kier molecular flexibility index (Phi) is 5.45. The summed E-state index contributed by atoms with van der Waals surface area (Å²) in [5, 5.41) is 0. The van der Waals surface area contributed by atoms with Crippen molar-refractivity contribution in [2.45, 2.75) is 44.3 Å². The Labute approximate surface area is 176 Å². The highest BCUT2D eigenvalue weighted by Gasteiger charge is 2.52. The first-order valence-corrected chi connectivity index (χ1v) is 11.1. The van der Waals surface area contributed by atoms with E-state index in [4.69, 9.17) is 4.74 Å². The fourth-order valence-corrected chi connectivity index (χ4v) is 5.92. The van der Waals surface area contributed by atoms with Crippen molar-refractivity contribution in [3.05, 3.63) is 29.8 Å².